The number of nitrogens with zero attached hydrogens (tertiary/aromatic N) is 1. The lowest BCUT2D eigenvalue weighted by Gasteiger charge is -2.18. The molecule has 0 saturated carbocycles. The van der Waals surface area contributed by atoms with Gasteiger partial charge in [-0.25, -0.2) is 4.79 Å². The Labute approximate surface area is 117 Å². The lowest BCUT2D eigenvalue weighted by atomic mass is 10.1. The van der Waals surface area contributed by atoms with Crippen molar-refractivity contribution in [3.63, 3.8) is 0 Å². The summed E-state index contributed by atoms with van der Waals surface area (Å²) in [5.74, 6) is -1.44. The minimum absolute atomic E-state index is 0.0111. The molecule has 0 aromatic heterocycles. The van der Waals surface area contributed by atoms with Crippen LogP contribution in [-0.2, 0) is 0 Å². The van der Waals surface area contributed by atoms with E-state index < -0.39 is 5.97 Å². The van der Waals surface area contributed by atoms with E-state index in [0.717, 1.165) is 11.3 Å². The molecule has 4 heteroatoms. The van der Waals surface area contributed by atoms with Crippen molar-refractivity contribution in [2.75, 3.05) is 11.9 Å². The minimum Gasteiger partial charge on any atom is -0.478 e. The van der Waals surface area contributed by atoms with E-state index in [9.17, 15) is 9.59 Å². The zero-order valence-electron chi connectivity index (χ0n) is 11.3. The van der Waals surface area contributed by atoms with Gasteiger partial charge >= 0.3 is 5.97 Å². The van der Waals surface area contributed by atoms with Gasteiger partial charge in [-0.15, -0.1) is 0 Å². The number of benzene rings is 2. The highest BCUT2D eigenvalue weighted by Crippen LogP contribution is 2.19. The van der Waals surface area contributed by atoms with Crippen LogP contribution in [0.1, 0.15) is 26.3 Å². The largest absolute Gasteiger partial charge is 0.478 e. The lowest BCUT2D eigenvalue weighted by Crippen LogP contribution is -2.27. The number of anilines is 1. The van der Waals surface area contributed by atoms with Gasteiger partial charge in [0.15, 0.2) is 0 Å². The smallest absolute Gasteiger partial charge is 0.336 e. The van der Waals surface area contributed by atoms with Crippen molar-refractivity contribution >= 4 is 17.6 Å². The van der Waals surface area contributed by atoms with Crippen molar-refractivity contribution in [2.45, 2.75) is 6.92 Å². The van der Waals surface area contributed by atoms with Crippen LogP contribution < -0.4 is 4.90 Å². The van der Waals surface area contributed by atoms with Crippen molar-refractivity contribution in [1.29, 1.82) is 0 Å². The van der Waals surface area contributed by atoms with Crippen LogP contribution >= 0.6 is 0 Å². The Balaban J connectivity index is 2.39. The number of carbonyl (C=O) groups excluding carboxylic acids is 1. The summed E-state index contributed by atoms with van der Waals surface area (Å²) in [5.41, 5.74) is 1.96. The van der Waals surface area contributed by atoms with E-state index in [1.54, 1.807) is 19.2 Å². The number of aryl methyl sites for hydroxylation is 1. The number of carboxylic acids is 1. The number of hydrogen-bond donors (Lipinski definition) is 1. The van der Waals surface area contributed by atoms with Crippen molar-refractivity contribution in [3.8, 4) is 0 Å². The van der Waals surface area contributed by atoms with Crippen LogP contribution in [0, 0.1) is 6.92 Å². The summed E-state index contributed by atoms with van der Waals surface area (Å²) in [6, 6.07) is 13.7. The average molecular weight is 269 g/mol. The maximum atomic E-state index is 12.4. The van der Waals surface area contributed by atoms with E-state index in [1.165, 1.54) is 17.0 Å². The fraction of sp³-hybridized carbons (Fsp3) is 0.125. The molecule has 0 aliphatic rings. The maximum absolute atomic E-state index is 12.4. The summed E-state index contributed by atoms with van der Waals surface area (Å²) in [6.45, 7) is 1.94. The fourth-order valence-electron chi connectivity index (χ4n) is 1.99. The van der Waals surface area contributed by atoms with Crippen LogP contribution in [0.4, 0.5) is 5.69 Å². The third-order valence-electron chi connectivity index (χ3n) is 3.08. The van der Waals surface area contributed by atoms with Gasteiger partial charge in [0.2, 0.25) is 0 Å². The van der Waals surface area contributed by atoms with E-state index in [0.29, 0.717) is 0 Å². The van der Waals surface area contributed by atoms with Gasteiger partial charge in [0, 0.05) is 12.7 Å². The van der Waals surface area contributed by atoms with E-state index >= 15 is 0 Å². The zero-order valence-corrected chi connectivity index (χ0v) is 11.3. The molecule has 0 heterocycles. The first-order valence-electron chi connectivity index (χ1n) is 6.17. The summed E-state index contributed by atoms with van der Waals surface area (Å²) in [7, 11) is 1.63. The summed E-state index contributed by atoms with van der Waals surface area (Å²) in [4.78, 5) is 25.1. The predicted molar refractivity (Wildman–Crippen MR) is 77.3 cm³/mol. The molecule has 0 atom stereocenters. The maximum Gasteiger partial charge on any atom is 0.336 e. The second-order valence-corrected chi connectivity index (χ2v) is 4.55. The van der Waals surface area contributed by atoms with E-state index in [2.05, 4.69) is 0 Å². The van der Waals surface area contributed by atoms with Crippen molar-refractivity contribution < 1.29 is 14.7 Å². The molecule has 0 spiro atoms. The number of carboxylic acid groups (broad SMARTS) is 1. The Morgan fingerprint density at radius 1 is 1.00 bits per heavy atom. The number of rotatable bonds is 3. The molecular formula is C16H15NO3. The Bertz CT molecular complexity index is 664. The van der Waals surface area contributed by atoms with Gasteiger partial charge in [0.1, 0.15) is 0 Å². The number of carbonyl (C=O) groups is 2. The molecule has 4 nitrogen and oxygen atoms in total. The molecule has 0 radical (unpaired) electrons. The molecule has 0 saturated heterocycles. The molecule has 1 amide bonds. The fourth-order valence-corrected chi connectivity index (χ4v) is 1.99. The zero-order chi connectivity index (χ0) is 14.7. The summed E-state index contributed by atoms with van der Waals surface area (Å²) < 4.78 is 0. The van der Waals surface area contributed by atoms with Crippen LogP contribution in [0.15, 0.2) is 48.5 Å². The monoisotopic (exact) mass is 269 g/mol. The first-order chi connectivity index (χ1) is 9.50. The molecule has 2 aromatic rings. The van der Waals surface area contributed by atoms with Gasteiger partial charge in [-0.1, -0.05) is 24.3 Å². The van der Waals surface area contributed by atoms with Gasteiger partial charge in [-0.3, -0.25) is 4.79 Å². The number of amides is 1. The highest BCUT2D eigenvalue weighted by Gasteiger charge is 2.19. The van der Waals surface area contributed by atoms with Crippen molar-refractivity contribution in [3.05, 3.63) is 65.2 Å². The Kier molecular flexibility index (Phi) is 3.84. The number of hydrogen-bond acceptors (Lipinski definition) is 2. The Morgan fingerprint density at radius 3 is 2.25 bits per heavy atom. The second kappa shape index (κ2) is 5.57. The average Bonchev–Trinajstić information content (AvgIpc) is 2.45. The predicted octanol–water partition coefficient (Wildman–Crippen LogP) is 2.97. The van der Waals surface area contributed by atoms with E-state index in [4.69, 9.17) is 5.11 Å². The number of aromatic carboxylic acids is 1. The standard InChI is InChI=1S/C16H15NO3/c1-11-6-5-7-12(10-11)17(2)15(18)13-8-3-4-9-14(13)16(19)20/h3-10H,1-2H3,(H,19,20). The minimum atomic E-state index is -1.11. The van der Waals surface area contributed by atoms with E-state index in [-0.39, 0.29) is 17.0 Å². The Morgan fingerprint density at radius 2 is 1.65 bits per heavy atom. The summed E-state index contributed by atoms with van der Waals surface area (Å²) in [5, 5.41) is 9.14. The first-order valence-corrected chi connectivity index (χ1v) is 6.17. The van der Waals surface area contributed by atoms with Crippen LogP contribution in [0.25, 0.3) is 0 Å². The quantitative estimate of drug-likeness (QED) is 0.932. The Hall–Kier alpha value is -2.62. The molecule has 1 N–H and O–H groups in total. The van der Waals surface area contributed by atoms with Gasteiger partial charge in [-0.05, 0) is 36.8 Å². The van der Waals surface area contributed by atoms with Gasteiger partial charge in [-0.2, -0.15) is 0 Å². The van der Waals surface area contributed by atoms with Crippen LogP contribution in [-0.4, -0.2) is 24.0 Å². The summed E-state index contributed by atoms with van der Waals surface area (Å²) >= 11 is 0. The molecule has 0 aliphatic carbocycles. The summed E-state index contributed by atoms with van der Waals surface area (Å²) in [6.07, 6.45) is 0. The molecule has 0 aliphatic heterocycles. The van der Waals surface area contributed by atoms with Gasteiger partial charge in [0.25, 0.3) is 5.91 Å². The highest BCUT2D eigenvalue weighted by molar-refractivity contribution is 6.11. The molecule has 2 aromatic carbocycles. The molecule has 2 rings (SSSR count). The van der Waals surface area contributed by atoms with Crippen LogP contribution in [0.2, 0.25) is 0 Å². The SMILES string of the molecule is Cc1cccc(N(C)C(=O)c2ccccc2C(=O)O)c1. The van der Waals surface area contributed by atoms with Crippen molar-refractivity contribution in [2.24, 2.45) is 0 Å². The third kappa shape index (κ3) is 2.69. The molecule has 0 unspecified atom stereocenters. The topological polar surface area (TPSA) is 57.6 Å². The normalized spacial score (nSPS) is 10.1. The van der Waals surface area contributed by atoms with Gasteiger partial charge in [0.05, 0.1) is 11.1 Å². The van der Waals surface area contributed by atoms with Crippen LogP contribution in [0.5, 0.6) is 0 Å². The second-order valence-electron chi connectivity index (χ2n) is 4.55. The van der Waals surface area contributed by atoms with Gasteiger partial charge < -0.3 is 10.0 Å². The molecular weight excluding hydrogens is 254 g/mol. The van der Waals surface area contributed by atoms with Crippen molar-refractivity contribution in [1.82, 2.24) is 0 Å². The van der Waals surface area contributed by atoms with E-state index in [1.807, 2.05) is 31.2 Å². The highest BCUT2D eigenvalue weighted by atomic mass is 16.4. The van der Waals surface area contributed by atoms with Crippen LogP contribution in [0.3, 0.4) is 0 Å². The molecule has 0 bridgehead atoms. The molecule has 102 valence electrons. The first kappa shape index (κ1) is 13.8. The lowest BCUT2D eigenvalue weighted by molar-refractivity contribution is 0.0692. The molecule has 0 fully saturated rings. The molecule has 20 heavy (non-hydrogen) atoms. The third-order valence-corrected chi connectivity index (χ3v) is 3.08.